The largest absolute Gasteiger partial charge is 0.494 e. The number of carbonyl (C=O) groups is 1. The van der Waals surface area contributed by atoms with E-state index in [4.69, 9.17) is 4.74 Å². The van der Waals surface area contributed by atoms with Gasteiger partial charge >= 0.3 is 0 Å². The third-order valence-electron chi connectivity index (χ3n) is 4.53. The topological polar surface area (TPSA) is 69.0 Å². The summed E-state index contributed by atoms with van der Waals surface area (Å²) in [6.07, 6.45) is 2.37. The van der Waals surface area contributed by atoms with E-state index in [1.165, 1.54) is 0 Å². The first-order valence-electron chi connectivity index (χ1n) is 9.90. The van der Waals surface area contributed by atoms with Gasteiger partial charge in [0.15, 0.2) is 5.65 Å². The van der Waals surface area contributed by atoms with E-state index in [0.29, 0.717) is 30.4 Å². The molecule has 0 bridgehead atoms. The number of ether oxygens (including phenoxy) is 1. The first kappa shape index (κ1) is 21.2. The van der Waals surface area contributed by atoms with Gasteiger partial charge in [0.25, 0.3) is 5.91 Å². The van der Waals surface area contributed by atoms with Crippen molar-refractivity contribution in [1.29, 1.82) is 0 Å². The van der Waals surface area contributed by atoms with Gasteiger partial charge in [-0.1, -0.05) is 32.0 Å². The third kappa shape index (κ3) is 4.72. The van der Waals surface area contributed by atoms with E-state index in [1.807, 2.05) is 45.2 Å². The van der Waals surface area contributed by atoms with Crippen molar-refractivity contribution in [3.63, 3.8) is 0 Å². The molecule has 0 spiro atoms. The lowest BCUT2D eigenvalue weighted by Crippen LogP contribution is -2.26. The second-order valence-corrected chi connectivity index (χ2v) is 8.71. The lowest BCUT2D eigenvalue weighted by atomic mass is 10.1. The van der Waals surface area contributed by atoms with Crippen LogP contribution in [-0.2, 0) is 13.5 Å². The minimum Gasteiger partial charge on any atom is -0.494 e. The van der Waals surface area contributed by atoms with Gasteiger partial charge in [-0.3, -0.25) is 9.48 Å². The van der Waals surface area contributed by atoms with Crippen molar-refractivity contribution in [2.24, 2.45) is 7.05 Å². The molecule has 2 aromatic heterocycles. The van der Waals surface area contributed by atoms with Crippen LogP contribution in [0.15, 0.2) is 35.4 Å². The van der Waals surface area contributed by atoms with Gasteiger partial charge in [-0.2, -0.15) is 5.10 Å². The number of nitrogens with one attached hydrogen (secondary N) is 1. The standard InChI is InChI=1S/C22H28N4O2S/c1-6-28-18-10-8-7-9-16(18)11-12-23-22(27)17-13-24-21-19(15(4)25-26(21)5)20(17)29-14(2)3/h7-10,13-14H,6,11-12H2,1-5H3,(H,23,27). The quantitative estimate of drug-likeness (QED) is 0.563. The number of aryl methyl sites for hydroxylation is 2. The number of pyridine rings is 1. The van der Waals surface area contributed by atoms with Crippen LogP contribution in [0.1, 0.15) is 42.4 Å². The summed E-state index contributed by atoms with van der Waals surface area (Å²) in [6, 6.07) is 7.94. The van der Waals surface area contributed by atoms with Crippen LogP contribution in [0.25, 0.3) is 11.0 Å². The van der Waals surface area contributed by atoms with Gasteiger partial charge in [-0.15, -0.1) is 11.8 Å². The summed E-state index contributed by atoms with van der Waals surface area (Å²) in [6.45, 7) is 9.31. The second kappa shape index (κ2) is 9.31. The zero-order valence-electron chi connectivity index (χ0n) is 17.7. The molecular formula is C22H28N4O2S. The Morgan fingerprint density at radius 2 is 2.07 bits per heavy atom. The average molecular weight is 413 g/mol. The SMILES string of the molecule is CCOc1ccccc1CCNC(=O)c1cnc2c(c(C)nn2C)c1SC(C)C. The molecule has 0 radical (unpaired) electrons. The molecule has 0 aliphatic heterocycles. The summed E-state index contributed by atoms with van der Waals surface area (Å²) in [4.78, 5) is 18.4. The smallest absolute Gasteiger partial charge is 0.254 e. The molecule has 0 fully saturated rings. The molecule has 0 atom stereocenters. The maximum Gasteiger partial charge on any atom is 0.254 e. The van der Waals surface area contributed by atoms with Crippen LogP contribution in [0.2, 0.25) is 0 Å². The molecule has 6 nitrogen and oxygen atoms in total. The van der Waals surface area contributed by atoms with Crippen molar-refractivity contribution < 1.29 is 9.53 Å². The Hall–Kier alpha value is -2.54. The molecule has 154 valence electrons. The van der Waals surface area contributed by atoms with Gasteiger partial charge < -0.3 is 10.1 Å². The van der Waals surface area contributed by atoms with E-state index in [1.54, 1.807) is 22.6 Å². The van der Waals surface area contributed by atoms with Crippen LogP contribution in [0.3, 0.4) is 0 Å². The fourth-order valence-electron chi connectivity index (χ4n) is 3.31. The summed E-state index contributed by atoms with van der Waals surface area (Å²) in [5.74, 6) is 0.758. The molecule has 2 heterocycles. The summed E-state index contributed by atoms with van der Waals surface area (Å²) in [5.41, 5.74) is 3.37. The van der Waals surface area contributed by atoms with Crippen molar-refractivity contribution in [3.8, 4) is 5.75 Å². The average Bonchev–Trinajstić information content (AvgIpc) is 2.97. The molecule has 0 saturated carbocycles. The normalized spacial score (nSPS) is 11.2. The molecule has 1 amide bonds. The molecule has 0 saturated heterocycles. The molecule has 0 aliphatic carbocycles. The van der Waals surface area contributed by atoms with E-state index in [0.717, 1.165) is 32.9 Å². The zero-order valence-corrected chi connectivity index (χ0v) is 18.5. The van der Waals surface area contributed by atoms with Crippen molar-refractivity contribution >= 4 is 28.7 Å². The van der Waals surface area contributed by atoms with E-state index >= 15 is 0 Å². The highest BCUT2D eigenvalue weighted by molar-refractivity contribution is 8.00. The molecular weight excluding hydrogens is 384 g/mol. The molecule has 0 unspecified atom stereocenters. The molecule has 3 rings (SSSR count). The number of nitrogens with zero attached hydrogens (tertiary/aromatic N) is 3. The van der Waals surface area contributed by atoms with Gasteiger partial charge in [0.2, 0.25) is 0 Å². The van der Waals surface area contributed by atoms with Crippen LogP contribution in [0, 0.1) is 6.92 Å². The van der Waals surface area contributed by atoms with Gasteiger partial charge in [0, 0.05) is 29.9 Å². The van der Waals surface area contributed by atoms with Crippen molar-refractivity contribution in [2.75, 3.05) is 13.2 Å². The maximum absolute atomic E-state index is 13.0. The number of carbonyl (C=O) groups excluding carboxylic acids is 1. The molecule has 7 heteroatoms. The predicted molar refractivity (Wildman–Crippen MR) is 118 cm³/mol. The second-order valence-electron chi connectivity index (χ2n) is 7.12. The van der Waals surface area contributed by atoms with Gasteiger partial charge in [0.1, 0.15) is 5.75 Å². The van der Waals surface area contributed by atoms with Crippen LogP contribution >= 0.6 is 11.8 Å². The fourth-order valence-corrected chi connectivity index (χ4v) is 4.41. The van der Waals surface area contributed by atoms with Crippen molar-refractivity contribution in [2.45, 2.75) is 44.3 Å². The minimum atomic E-state index is -0.111. The van der Waals surface area contributed by atoms with Gasteiger partial charge in [-0.05, 0) is 31.9 Å². The predicted octanol–water partition coefficient (Wildman–Crippen LogP) is 4.15. The summed E-state index contributed by atoms with van der Waals surface area (Å²) < 4.78 is 7.44. The molecule has 0 aliphatic rings. The summed E-state index contributed by atoms with van der Waals surface area (Å²) in [5, 5.41) is 8.83. The van der Waals surface area contributed by atoms with E-state index in [9.17, 15) is 4.79 Å². The Kier molecular flexibility index (Phi) is 6.79. The number of aromatic nitrogens is 3. The number of para-hydroxylation sites is 1. The Balaban J connectivity index is 1.81. The van der Waals surface area contributed by atoms with Crippen LogP contribution in [-0.4, -0.2) is 39.1 Å². The number of amides is 1. The maximum atomic E-state index is 13.0. The van der Waals surface area contributed by atoms with Crippen molar-refractivity contribution in [3.05, 3.63) is 47.3 Å². The van der Waals surface area contributed by atoms with Gasteiger partial charge in [-0.25, -0.2) is 4.98 Å². The first-order chi connectivity index (χ1) is 13.9. The summed E-state index contributed by atoms with van der Waals surface area (Å²) >= 11 is 1.68. The Morgan fingerprint density at radius 3 is 2.79 bits per heavy atom. The molecule has 1 aromatic carbocycles. The first-order valence-corrected chi connectivity index (χ1v) is 10.8. The summed E-state index contributed by atoms with van der Waals surface area (Å²) in [7, 11) is 1.88. The number of thioether (sulfide) groups is 1. The highest BCUT2D eigenvalue weighted by atomic mass is 32.2. The van der Waals surface area contributed by atoms with Crippen molar-refractivity contribution in [1.82, 2.24) is 20.1 Å². The number of rotatable bonds is 8. The Morgan fingerprint density at radius 1 is 1.31 bits per heavy atom. The van der Waals surface area contributed by atoms with Crippen LogP contribution < -0.4 is 10.1 Å². The van der Waals surface area contributed by atoms with Gasteiger partial charge in [0.05, 0.1) is 23.3 Å². The minimum absolute atomic E-state index is 0.111. The molecule has 29 heavy (non-hydrogen) atoms. The van der Waals surface area contributed by atoms with Crippen LogP contribution in [0.5, 0.6) is 5.75 Å². The van der Waals surface area contributed by atoms with E-state index < -0.39 is 0 Å². The van der Waals surface area contributed by atoms with E-state index in [2.05, 4.69) is 29.2 Å². The molecule has 3 aromatic rings. The third-order valence-corrected chi connectivity index (χ3v) is 5.66. The number of benzene rings is 1. The number of hydrogen-bond donors (Lipinski definition) is 1. The number of hydrogen-bond acceptors (Lipinski definition) is 5. The van der Waals surface area contributed by atoms with E-state index in [-0.39, 0.29) is 5.91 Å². The highest BCUT2D eigenvalue weighted by Gasteiger charge is 2.21. The van der Waals surface area contributed by atoms with Crippen LogP contribution in [0.4, 0.5) is 0 Å². The lowest BCUT2D eigenvalue weighted by Gasteiger charge is -2.14. The Bertz CT molecular complexity index is 1010. The molecule has 1 N–H and O–H groups in total. The zero-order chi connectivity index (χ0) is 21.0. The Labute approximate surface area is 176 Å². The monoisotopic (exact) mass is 412 g/mol. The lowest BCUT2D eigenvalue weighted by molar-refractivity contribution is 0.0951. The highest BCUT2D eigenvalue weighted by Crippen LogP contribution is 2.34. The fraction of sp³-hybridized carbons (Fsp3) is 0.409. The number of fused-ring (bicyclic) bond motifs is 1.